The van der Waals surface area contributed by atoms with Gasteiger partial charge in [-0.05, 0) is 34.4 Å². The topological polar surface area (TPSA) is 111 Å². The van der Waals surface area contributed by atoms with Gasteiger partial charge in [-0.25, -0.2) is 4.79 Å². The fourth-order valence-electron chi connectivity index (χ4n) is 4.46. The second-order valence-electron chi connectivity index (χ2n) is 9.09. The van der Waals surface area contributed by atoms with Crippen molar-refractivity contribution in [3.63, 3.8) is 0 Å². The van der Waals surface area contributed by atoms with Gasteiger partial charge in [0.05, 0.1) is 58.5 Å². The molecule has 0 aliphatic heterocycles. The van der Waals surface area contributed by atoms with Gasteiger partial charge in [0.2, 0.25) is 0 Å². The minimum atomic E-state index is -0.448. The Morgan fingerprint density at radius 1 is 0.650 bits per heavy atom. The molecule has 9 nitrogen and oxygen atoms in total. The van der Waals surface area contributed by atoms with Crippen LogP contribution >= 0.6 is 0 Å². The molecule has 4 rings (SSSR count). The monoisotopic (exact) mass is 550 g/mol. The molecule has 0 bridgehead atoms. The number of ether oxygens (including phenoxy) is 6. The fraction of sp³-hybridized carbons (Fsp3) is 0.387. The number of benzene rings is 3. The van der Waals surface area contributed by atoms with Crippen LogP contribution in [0.2, 0.25) is 0 Å². The molecule has 3 aromatic carbocycles. The minimum Gasteiger partial charge on any atom is -0.489 e. The van der Waals surface area contributed by atoms with Crippen LogP contribution in [0.4, 0.5) is 10.5 Å². The van der Waals surface area contributed by atoms with E-state index >= 15 is 0 Å². The molecule has 0 saturated carbocycles. The van der Waals surface area contributed by atoms with Crippen molar-refractivity contribution < 1.29 is 33.2 Å². The molecule has 0 atom stereocenters. The Hall–Kier alpha value is -3.63. The number of hydrogen-bond donors (Lipinski definition) is 2. The third kappa shape index (κ3) is 8.96. The van der Waals surface area contributed by atoms with Gasteiger partial charge < -0.3 is 39.5 Å². The van der Waals surface area contributed by atoms with Gasteiger partial charge in [0.1, 0.15) is 19.0 Å². The summed E-state index contributed by atoms with van der Waals surface area (Å²) in [6.07, 6.45) is -0.448. The van der Waals surface area contributed by atoms with Crippen LogP contribution in [-0.4, -0.2) is 78.7 Å². The summed E-state index contributed by atoms with van der Waals surface area (Å²) in [5, 5.41) is 2.74. The third-order valence-electron chi connectivity index (χ3n) is 6.38. The Balaban J connectivity index is 0.933. The maximum atomic E-state index is 12.2. The van der Waals surface area contributed by atoms with Crippen LogP contribution in [0.1, 0.15) is 17.0 Å². The van der Waals surface area contributed by atoms with Gasteiger partial charge in [0.15, 0.2) is 0 Å². The van der Waals surface area contributed by atoms with Gasteiger partial charge in [0, 0.05) is 12.5 Å². The SMILES string of the molecule is Nc1ccccc1OCCOCCOCCOCCOCCNC(=O)OCC1c2ccccc2-c2ccccc21. The lowest BCUT2D eigenvalue weighted by Gasteiger charge is -2.14. The molecule has 0 saturated heterocycles. The van der Waals surface area contributed by atoms with Crippen molar-refractivity contribution >= 4 is 11.8 Å². The fourth-order valence-corrected chi connectivity index (χ4v) is 4.46. The maximum absolute atomic E-state index is 12.2. The molecular weight excluding hydrogens is 512 g/mol. The lowest BCUT2D eigenvalue weighted by molar-refractivity contribution is -0.00425. The molecular formula is C31H38N2O7. The van der Waals surface area contributed by atoms with Gasteiger partial charge in [-0.15, -0.1) is 0 Å². The molecule has 40 heavy (non-hydrogen) atoms. The van der Waals surface area contributed by atoms with Crippen LogP contribution in [0.15, 0.2) is 72.8 Å². The number of nitrogen functional groups attached to an aromatic ring is 1. The third-order valence-corrected chi connectivity index (χ3v) is 6.38. The number of para-hydroxylation sites is 2. The number of carbonyl (C=O) groups excluding carboxylic acids is 1. The van der Waals surface area contributed by atoms with E-state index in [9.17, 15) is 4.79 Å². The van der Waals surface area contributed by atoms with E-state index in [1.54, 1.807) is 6.07 Å². The largest absolute Gasteiger partial charge is 0.489 e. The summed E-state index contributed by atoms with van der Waals surface area (Å²) >= 11 is 0. The van der Waals surface area contributed by atoms with E-state index in [4.69, 9.17) is 34.2 Å². The number of amides is 1. The molecule has 1 aliphatic carbocycles. The number of fused-ring (bicyclic) bond motifs is 3. The lowest BCUT2D eigenvalue weighted by Crippen LogP contribution is -2.29. The summed E-state index contributed by atoms with van der Waals surface area (Å²) in [6, 6.07) is 23.9. The average molecular weight is 551 g/mol. The van der Waals surface area contributed by atoms with E-state index in [1.807, 2.05) is 42.5 Å². The molecule has 214 valence electrons. The molecule has 0 unspecified atom stereocenters. The molecule has 0 fully saturated rings. The van der Waals surface area contributed by atoms with Gasteiger partial charge in [0.25, 0.3) is 0 Å². The number of rotatable bonds is 18. The summed E-state index contributed by atoms with van der Waals surface area (Å²) in [4.78, 5) is 12.2. The normalized spacial score (nSPS) is 12.1. The van der Waals surface area contributed by atoms with Gasteiger partial charge in [-0.2, -0.15) is 0 Å². The van der Waals surface area contributed by atoms with Crippen molar-refractivity contribution in [3.05, 3.63) is 83.9 Å². The van der Waals surface area contributed by atoms with Crippen LogP contribution in [-0.2, 0) is 23.7 Å². The molecule has 0 aromatic heterocycles. The highest BCUT2D eigenvalue weighted by atomic mass is 16.6. The zero-order valence-electron chi connectivity index (χ0n) is 22.7. The second-order valence-corrected chi connectivity index (χ2v) is 9.09. The highest BCUT2D eigenvalue weighted by Gasteiger charge is 2.28. The molecule has 3 N–H and O–H groups in total. The van der Waals surface area contributed by atoms with E-state index in [2.05, 4.69) is 29.6 Å². The number of nitrogens with one attached hydrogen (secondary N) is 1. The van der Waals surface area contributed by atoms with Crippen molar-refractivity contribution in [2.45, 2.75) is 5.92 Å². The Kier molecular flexibility index (Phi) is 12.1. The zero-order valence-corrected chi connectivity index (χ0v) is 22.7. The molecule has 0 radical (unpaired) electrons. The highest BCUT2D eigenvalue weighted by molar-refractivity contribution is 5.79. The van der Waals surface area contributed by atoms with Crippen molar-refractivity contribution in [3.8, 4) is 16.9 Å². The molecule has 3 aromatic rings. The number of nitrogens with two attached hydrogens (primary N) is 1. The molecule has 0 spiro atoms. The summed E-state index contributed by atoms with van der Waals surface area (Å²) in [6.45, 7) is 4.71. The van der Waals surface area contributed by atoms with E-state index in [0.717, 1.165) is 0 Å². The van der Waals surface area contributed by atoms with Crippen LogP contribution in [0, 0.1) is 0 Å². The lowest BCUT2D eigenvalue weighted by atomic mass is 9.98. The summed E-state index contributed by atoms with van der Waals surface area (Å²) < 4.78 is 33.0. The van der Waals surface area contributed by atoms with Crippen LogP contribution in [0.3, 0.4) is 0 Å². The minimum absolute atomic E-state index is 0.0443. The number of hydrogen-bond acceptors (Lipinski definition) is 8. The zero-order chi connectivity index (χ0) is 27.8. The maximum Gasteiger partial charge on any atom is 0.407 e. The second kappa shape index (κ2) is 16.5. The Bertz CT molecular complexity index is 1140. The first-order valence-electron chi connectivity index (χ1n) is 13.6. The smallest absolute Gasteiger partial charge is 0.407 e. The number of carbonyl (C=O) groups is 1. The molecule has 9 heteroatoms. The highest BCUT2D eigenvalue weighted by Crippen LogP contribution is 2.44. The van der Waals surface area contributed by atoms with Crippen LogP contribution < -0.4 is 15.8 Å². The number of alkyl carbamates (subject to hydrolysis) is 1. The Morgan fingerprint density at radius 2 is 1.15 bits per heavy atom. The van der Waals surface area contributed by atoms with Crippen molar-refractivity contribution in [1.82, 2.24) is 5.32 Å². The van der Waals surface area contributed by atoms with E-state index in [0.29, 0.717) is 84.1 Å². The van der Waals surface area contributed by atoms with E-state index in [-0.39, 0.29) is 5.92 Å². The predicted molar refractivity (Wildman–Crippen MR) is 153 cm³/mol. The standard InChI is InChI=1S/C31H38N2O7/c32-29-11-5-6-12-30(29)39-22-21-38-20-19-37-18-17-36-16-15-35-14-13-33-31(34)40-23-28-26-9-3-1-7-24(26)25-8-2-4-10-27(25)28/h1-12,28H,13-23,32H2,(H,33,34). The van der Waals surface area contributed by atoms with Gasteiger partial charge >= 0.3 is 6.09 Å². The summed E-state index contributed by atoms with van der Waals surface area (Å²) in [5.41, 5.74) is 11.2. The van der Waals surface area contributed by atoms with Crippen LogP contribution in [0.25, 0.3) is 11.1 Å². The Labute approximate surface area is 235 Å². The quantitative estimate of drug-likeness (QED) is 0.179. The average Bonchev–Trinajstić information content (AvgIpc) is 3.30. The summed E-state index contributed by atoms with van der Waals surface area (Å²) in [7, 11) is 0. The first-order valence-corrected chi connectivity index (χ1v) is 13.6. The van der Waals surface area contributed by atoms with E-state index in [1.165, 1.54) is 22.3 Å². The molecule has 0 heterocycles. The first-order chi connectivity index (χ1) is 19.7. The molecule has 1 amide bonds. The molecule has 1 aliphatic rings. The first kappa shape index (κ1) is 29.4. The van der Waals surface area contributed by atoms with E-state index < -0.39 is 6.09 Å². The summed E-state index contributed by atoms with van der Waals surface area (Å²) in [5.74, 6) is 0.707. The van der Waals surface area contributed by atoms with Crippen molar-refractivity contribution in [2.75, 3.05) is 78.3 Å². The Morgan fingerprint density at radius 3 is 1.75 bits per heavy atom. The predicted octanol–water partition coefficient (Wildman–Crippen LogP) is 4.25. The van der Waals surface area contributed by atoms with Gasteiger partial charge in [-0.3, -0.25) is 0 Å². The van der Waals surface area contributed by atoms with Crippen molar-refractivity contribution in [1.29, 1.82) is 0 Å². The van der Waals surface area contributed by atoms with Crippen molar-refractivity contribution in [2.24, 2.45) is 0 Å². The van der Waals surface area contributed by atoms with Crippen LogP contribution in [0.5, 0.6) is 5.75 Å². The number of anilines is 1. The van der Waals surface area contributed by atoms with Gasteiger partial charge in [-0.1, -0.05) is 60.7 Å².